The summed E-state index contributed by atoms with van der Waals surface area (Å²) >= 11 is 1.54. The first-order valence-corrected chi connectivity index (χ1v) is 12.5. The van der Waals surface area contributed by atoms with Crippen molar-refractivity contribution in [2.45, 2.75) is 17.0 Å². The monoisotopic (exact) mass is 522 g/mol. The van der Waals surface area contributed by atoms with Crippen LogP contribution in [-0.4, -0.2) is 29.9 Å². The highest BCUT2D eigenvalue weighted by molar-refractivity contribution is 8.00. The van der Waals surface area contributed by atoms with Gasteiger partial charge in [-0.15, -0.1) is 11.8 Å². The van der Waals surface area contributed by atoms with Gasteiger partial charge < -0.3 is 10.1 Å². The van der Waals surface area contributed by atoms with E-state index in [0.29, 0.717) is 0 Å². The molecule has 8 heteroatoms. The number of methoxy groups -OCH3 is 1. The molecule has 4 rings (SSSR count). The third-order valence-electron chi connectivity index (χ3n) is 5.91. The lowest BCUT2D eigenvalue weighted by Crippen LogP contribution is -2.36. The Morgan fingerprint density at radius 2 is 1.30 bits per heavy atom. The van der Waals surface area contributed by atoms with Crippen LogP contribution in [0.2, 0.25) is 0 Å². The number of carbonyl (C=O) groups is 1. The van der Waals surface area contributed by atoms with Gasteiger partial charge >= 0.3 is 12.1 Å². The highest BCUT2D eigenvalue weighted by Gasteiger charge is 2.38. The maximum atomic E-state index is 13.0. The third-order valence-corrected chi connectivity index (χ3v) is 7.55. The molecule has 0 fully saturated rings. The van der Waals surface area contributed by atoms with Crippen LogP contribution < -0.4 is 5.32 Å². The van der Waals surface area contributed by atoms with Gasteiger partial charge in [-0.1, -0.05) is 91.0 Å². The molecule has 0 aliphatic carbocycles. The molecule has 37 heavy (non-hydrogen) atoms. The largest absolute Gasteiger partial charge is 0.467 e. The summed E-state index contributed by atoms with van der Waals surface area (Å²) in [5.41, 5.74) is 2.20. The zero-order valence-corrected chi connectivity index (χ0v) is 20.8. The lowest BCUT2D eigenvalue weighted by molar-refractivity contribution is -0.141. The van der Waals surface area contributed by atoms with Crippen molar-refractivity contribution in [3.05, 3.63) is 132 Å². The van der Waals surface area contributed by atoms with Crippen molar-refractivity contribution in [3.63, 3.8) is 0 Å². The van der Waals surface area contributed by atoms with Gasteiger partial charge in [-0.2, -0.15) is 13.2 Å². The molecule has 0 spiro atoms. The number of aromatic nitrogens is 1. The Morgan fingerprint density at radius 3 is 1.68 bits per heavy atom. The summed E-state index contributed by atoms with van der Waals surface area (Å²) in [7, 11) is 1.28. The molecule has 1 heterocycles. The van der Waals surface area contributed by atoms with E-state index in [2.05, 4.69) is 10.3 Å². The van der Waals surface area contributed by atoms with Crippen LogP contribution in [0.1, 0.15) is 22.3 Å². The standard InChI is InChI=1S/C29H25F3N2O2S/c1-36-27(35)25(34-26-18-17-24(19-33-26)29(30,31)32)20-37-28(21-11-5-2-6-12-21,22-13-7-3-8-14-22)23-15-9-4-10-16-23/h2-19,25H,20H2,1H3,(H,33,34). The molecule has 1 unspecified atom stereocenters. The molecule has 1 aromatic heterocycles. The smallest absolute Gasteiger partial charge is 0.417 e. The SMILES string of the molecule is COC(=O)C(CSC(c1ccccc1)(c1ccccc1)c1ccccc1)Nc1ccc(C(F)(F)F)cn1. The predicted molar refractivity (Wildman–Crippen MR) is 140 cm³/mol. The number of anilines is 1. The Bertz CT molecular complexity index is 1190. The van der Waals surface area contributed by atoms with E-state index < -0.39 is 28.5 Å². The van der Waals surface area contributed by atoms with E-state index in [1.54, 1.807) is 0 Å². The number of pyridine rings is 1. The molecule has 0 radical (unpaired) electrons. The zero-order valence-electron chi connectivity index (χ0n) is 20.0. The maximum absolute atomic E-state index is 13.0. The van der Waals surface area contributed by atoms with Crippen LogP contribution in [0.25, 0.3) is 0 Å². The lowest BCUT2D eigenvalue weighted by atomic mass is 9.84. The fraction of sp³-hybridized carbons (Fsp3) is 0.172. The van der Waals surface area contributed by atoms with Crippen LogP contribution in [0.4, 0.5) is 19.0 Å². The Morgan fingerprint density at radius 1 is 0.811 bits per heavy atom. The summed E-state index contributed by atoms with van der Waals surface area (Å²) in [6.07, 6.45) is -3.75. The Hall–Kier alpha value is -3.78. The van der Waals surface area contributed by atoms with Crippen molar-refractivity contribution in [2.24, 2.45) is 0 Å². The Kier molecular flexibility index (Phi) is 8.18. The highest BCUT2D eigenvalue weighted by atomic mass is 32.2. The normalized spacial score (nSPS) is 12.5. The van der Waals surface area contributed by atoms with Gasteiger partial charge in [-0.3, -0.25) is 0 Å². The number of nitrogens with one attached hydrogen (secondary N) is 1. The summed E-state index contributed by atoms with van der Waals surface area (Å²) in [6.45, 7) is 0. The number of carbonyl (C=O) groups excluding carboxylic acids is 1. The number of nitrogens with zero attached hydrogens (tertiary/aromatic N) is 1. The van der Waals surface area contributed by atoms with Crippen molar-refractivity contribution in [2.75, 3.05) is 18.2 Å². The van der Waals surface area contributed by atoms with Crippen molar-refractivity contribution in [1.29, 1.82) is 0 Å². The molecule has 3 aromatic carbocycles. The van der Waals surface area contributed by atoms with Crippen molar-refractivity contribution < 1.29 is 22.7 Å². The molecule has 0 bridgehead atoms. The fourth-order valence-electron chi connectivity index (χ4n) is 4.11. The first kappa shape index (κ1) is 26.3. The van der Waals surface area contributed by atoms with Crippen LogP contribution >= 0.6 is 11.8 Å². The Labute approximate surface area is 217 Å². The minimum atomic E-state index is -4.50. The summed E-state index contributed by atoms with van der Waals surface area (Å²) in [6, 6.07) is 31.2. The van der Waals surface area contributed by atoms with Gasteiger partial charge in [0.1, 0.15) is 11.9 Å². The molecular formula is C29H25F3N2O2S. The van der Waals surface area contributed by atoms with Gasteiger partial charge in [-0.05, 0) is 28.8 Å². The lowest BCUT2D eigenvalue weighted by Gasteiger charge is -2.36. The van der Waals surface area contributed by atoms with Crippen molar-refractivity contribution >= 4 is 23.5 Å². The van der Waals surface area contributed by atoms with Gasteiger partial charge in [0.15, 0.2) is 0 Å². The van der Waals surface area contributed by atoms with Gasteiger partial charge in [0, 0.05) is 11.9 Å². The number of benzene rings is 3. The van der Waals surface area contributed by atoms with E-state index in [1.807, 2.05) is 91.0 Å². The van der Waals surface area contributed by atoms with E-state index >= 15 is 0 Å². The third kappa shape index (κ3) is 5.97. The van der Waals surface area contributed by atoms with Crippen LogP contribution in [0, 0.1) is 0 Å². The molecule has 0 aliphatic heterocycles. The van der Waals surface area contributed by atoms with Gasteiger partial charge in [0.25, 0.3) is 0 Å². The summed E-state index contributed by atoms with van der Waals surface area (Å²) in [5, 5.41) is 2.96. The van der Waals surface area contributed by atoms with E-state index in [4.69, 9.17) is 4.74 Å². The summed E-state index contributed by atoms with van der Waals surface area (Å²) < 4.78 is 43.2. The number of hydrogen-bond donors (Lipinski definition) is 1. The average Bonchev–Trinajstić information content (AvgIpc) is 2.94. The molecule has 0 saturated carbocycles. The molecule has 0 amide bonds. The number of ether oxygens (including phenoxy) is 1. The van der Waals surface area contributed by atoms with Crippen LogP contribution in [0.15, 0.2) is 109 Å². The van der Waals surface area contributed by atoms with Gasteiger partial charge in [0.05, 0.1) is 17.4 Å². The van der Waals surface area contributed by atoms with Crippen LogP contribution in [-0.2, 0) is 20.5 Å². The molecule has 1 N–H and O–H groups in total. The Balaban J connectivity index is 1.72. The van der Waals surface area contributed by atoms with E-state index in [0.717, 1.165) is 29.0 Å². The maximum Gasteiger partial charge on any atom is 0.417 e. The topological polar surface area (TPSA) is 51.2 Å². The number of hydrogen-bond acceptors (Lipinski definition) is 5. The number of alkyl halides is 3. The highest BCUT2D eigenvalue weighted by Crippen LogP contribution is 2.48. The summed E-state index contributed by atoms with van der Waals surface area (Å²) in [4.78, 5) is 16.6. The first-order chi connectivity index (χ1) is 17.8. The minimum absolute atomic E-state index is 0.147. The van der Waals surface area contributed by atoms with Crippen LogP contribution in [0.5, 0.6) is 0 Å². The first-order valence-electron chi connectivity index (χ1n) is 11.5. The van der Waals surface area contributed by atoms with Gasteiger partial charge in [0.2, 0.25) is 0 Å². The molecule has 190 valence electrons. The van der Waals surface area contributed by atoms with Crippen molar-refractivity contribution in [1.82, 2.24) is 4.98 Å². The van der Waals surface area contributed by atoms with E-state index in [9.17, 15) is 18.0 Å². The number of thioether (sulfide) groups is 1. The predicted octanol–water partition coefficient (Wildman–Crippen LogP) is 6.78. The molecule has 4 nitrogen and oxygen atoms in total. The fourth-order valence-corrected chi connectivity index (χ4v) is 5.66. The number of rotatable bonds is 9. The quantitative estimate of drug-likeness (QED) is 0.194. The van der Waals surface area contributed by atoms with Crippen LogP contribution in [0.3, 0.4) is 0 Å². The number of halogens is 3. The summed E-state index contributed by atoms with van der Waals surface area (Å²) in [5.74, 6) is -0.153. The minimum Gasteiger partial charge on any atom is -0.467 e. The second kappa shape index (κ2) is 11.5. The molecule has 0 saturated heterocycles. The average molecular weight is 523 g/mol. The second-order valence-corrected chi connectivity index (χ2v) is 9.47. The molecule has 1 atom stereocenters. The zero-order chi connectivity index (χ0) is 26.3. The van der Waals surface area contributed by atoms with E-state index in [-0.39, 0.29) is 11.6 Å². The van der Waals surface area contributed by atoms with Crippen molar-refractivity contribution in [3.8, 4) is 0 Å². The number of esters is 1. The second-order valence-electron chi connectivity index (χ2n) is 8.24. The molecule has 0 aliphatic rings. The molecular weight excluding hydrogens is 497 g/mol. The molecule has 4 aromatic rings. The van der Waals surface area contributed by atoms with E-state index in [1.165, 1.54) is 24.9 Å². The van der Waals surface area contributed by atoms with Gasteiger partial charge in [-0.25, -0.2) is 9.78 Å².